The van der Waals surface area contributed by atoms with Gasteiger partial charge in [-0.15, -0.1) is 0 Å². The number of hydrogen-bond acceptors (Lipinski definition) is 3. The molecule has 3 unspecified atom stereocenters. The third kappa shape index (κ3) is 3.13. The summed E-state index contributed by atoms with van der Waals surface area (Å²) in [6, 6.07) is 5.26. The number of nitrogens with zero attached hydrogens (tertiary/aromatic N) is 1. The summed E-state index contributed by atoms with van der Waals surface area (Å²) in [4.78, 5) is 2.20. The van der Waals surface area contributed by atoms with Crippen LogP contribution < -0.4 is 10.2 Å². The van der Waals surface area contributed by atoms with Gasteiger partial charge in [-0.3, -0.25) is 0 Å². The van der Waals surface area contributed by atoms with Crippen molar-refractivity contribution >= 4 is 5.69 Å². The molecule has 0 spiro atoms. The molecule has 112 valence electrons. The van der Waals surface area contributed by atoms with Gasteiger partial charge >= 0.3 is 0 Å². The van der Waals surface area contributed by atoms with Crippen LogP contribution in [-0.4, -0.2) is 30.8 Å². The minimum atomic E-state index is -0.241. The lowest BCUT2D eigenvalue weighted by Crippen LogP contribution is -2.42. The first kappa shape index (κ1) is 15.3. The molecule has 2 N–H and O–H groups in total. The van der Waals surface area contributed by atoms with E-state index in [2.05, 4.69) is 10.2 Å². The molecule has 0 amide bonds. The number of halogens is 1. The molecule has 0 aromatic heterocycles. The number of nitrogens with one attached hydrogen (secondary N) is 1. The van der Waals surface area contributed by atoms with Gasteiger partial charge in [0.1, 0.15) is 5.82 Å². The van der Waals surface area contributed by atoms with Gasteiger partial charge in [-0.05, 0) is 37.9 Å². The van der Waals surface area contributed by atoms with Crippen molar-refractivity contribution in [3.05, 3.63) is 29.6 Å². The maximum Gasteiger partial charge on any atom is 0.130 e. The fraction of sp³-hybridized carbons (Fsp3) is 0.625. The highest BCUT2D eigenvalue weighted by molar-refractivity contribution is 5.56. The van der Waals surface area contributed by atoms with E-state index in [0.29, 0.717) is 0 Å². The van der Waals surface area contributed by atoms with E-state index in [-0.39, 0.29) is 23.9 Å². The number of hydrogen-bond donors (Lipinski definition) is 2. The van der Waals surface area contributed by atoms with E-state index < -0.39 is 0 Å². The average Bonchev–Trinajstić information content (AvgIpc) is 2.41. The first-order valence-corrected chi connectivity index (χ1v) is 7.49. The lowest BCUT2D eigenvalue weighted by atomic mass is 9.94. The zero-order chi connectivity index (χ0) is 14.7. The van der Waals surface area contributed by atoms with Crippen LogP contribution >= 0.6 is 0 Å². The van der Waals surface area contributed by atoms with Gasteiger partial charge in [-0.25, -0.2) is 4.39 Å². The molecule has 1 heterocycles. The van der Waals surface area contributed by atoms with Crippen LogP contribution in [-0.2, 0) is 0 Å². The molecular weight excluding hydrogens is 255 g/mol. The summed E-state index contributed by atoms with van der Waals surface area (Å²) in [6.07, 6.45) is 0.502. The number of aliphatic hydroxyl groups excluding tert-OH is 1. The summed E-state index contributed by atoms with van der Waals surface area (Å²) in [5.41, 5.74) is 1.69. The summed E-state index contributed by atoms with van der Waals surface area (Å²) in [6.45, 7) is 8.43. The second-order valence-corrected chi connectivity index (χ2v) is 5.73. The number of anilines is 1. The molecule has 0 aliphatic carbocycles. The molecule has 3 atom stereocenters. The van der Waals surface area contributed by atoms with E-state index in [9.17, 15) is 9.50 Å². The molecule has 1 aliphatic rings. The van der Waals surface area contributed by atoms with E-state index in [1.54, 1.807) is 6.07 Å². The van der Waals surface area contributed by atoms with Crippen LogP contribution in [0.5, 0.6) is 0 Å². The van der Waals surface area contributed by atoms with Gasteiger partial charge in [0.05, 0.1) is 6.10 Å². The van der Waals surface area contributed by atoms with Crippen molar-refractivity contribution in [1.82, 2.24) is 5.32 Å². The Morgan fingerprint density at radius 2 is 2.25 bits per heavy atom. The van der Waals surface area contributed by atoms with Crippen molar-refractivity contribution in [2.24, 2.45) is 5.92 Å². The predicted octanol–water partition coefficient (Wildman–Crippen LogP) is 2.70. The largest absolute Gasteiger partial charge is 0.393 e. The lowest BCUT2D eigenvalue weighted by molar-refractivity contribution is 0.0970. The molecule has 0 radical (unpaired) electrons. The smallest absolute Gasteiger partial charge is 0.130 e. The molecular formula is C16H25FN2O. The molecule has 1 aromatic rings. The second kappa shape index (κ2) is 6.55. The Kier molecular flexibility index (Phi) is 5.00. The first-order chi connectivity index (χ1) is 9.54. The zero-order valence-corrected chi connectivity index (χ0v) is 12.6. The monoisotopic (exact) mass is 280 g/mol. The van der Waals surface area contributed by atoms with E-state index >= 15 is 0 Å². The van der Waals surface area contributed by atoms with Crippen molar-refractivity contribution in [2.75, 3.05) is 24.5 Å². The highest BCUT2D eigenvalue weighted by atomic mass is 19.1. The average molecular weight is 280 g/mol. The summed E-state index contributed by atoms with van der Waals surface area (Å²) in [5, 5.41) is 13.1. The van der Waals surface area contributed by atoms with Crippen molar-refractivity contribution in [1.29, 1.82) is 0 Å². The van der Waals surface area contributed by atoms with Gasteiger partial charge in [0.2, 0.25) is 0 Å². The molecule has 4 heteroatoms. The van der Waals surface area contributed by atoms with Crippen molar-refractivity contribution in [2.45, 2.75) is 39.3 Å². The van der Waals surface area contributed by atoms with Crippen molar-refractivity contribution in [3.8, 4) is 0 Å². The third-order valence-electron chi connectivity index (χ3n) is 4.17. The Morgan fingerprint density at radius 3 is 2.90 bits per heavy atom. The van der Waals surface area contributed by atoms with E-state index in [4.69, 9.17) is 0 Å². The molecule has 2 rings (SSSR count). The number of benzene rings is 1. The van der Waals surface area contributed by atoms with Gasteiger partial charge < -0.3 is 15.3 Å². The van der Waals surface area contributed by atoms with Crippen molar-refractivity contribution in [3.63, 3.8) is 0 Å². The summed E-state index contributed by atoms with van der Waals surface area (Å²) < 4.78 is 14.2. The first-order valence-electron chi connectivity index (χ1n) is 7.49. The standard InChI is InChI=1S/C16H25FN2O/c1-4-18-12(3)16-13(17)6-5-7-14(16)19-9-8-15(20)11(2)10-19/h5-7,11-12,15,18,20H,4,8-10H2,1-3H3. The topological polar surface area (TPSA) is 35.5 Å². The SMILES string of the molecule is CCNC(C)c1c(F)cccc1N1CCC(O)C(C)C1. The highest BCUT2D eigenvalue weighted by Crippen LogP contribution is 2.32. The fourth-order valence-electron chi connectivity index (χ4n) is 2.99. The molecule has 1 saturated heterocycles. The quantitative estimate of drug-likeness (QED) is 0.890. The normalized spacial score (nSPS) is 24.8. The Labute approximate surface area is 120 Å². The van der Waals surface area contributed by atoms with Gasteiger partial charge in [0.15, 0.2) is 0 Å². The van der Waals surface area contributed by atoms with Crippen LogP contribution in [0.4, 0.5) is 10.1 Å². The molecule has 1 aliphatic heterocycles. The van der Waals surface area contributed by atoms with Crippen LogP contribution in [0.3, 0.4) is 0 Å². The maximum absolute atomic E-state index is 14.2. The number of aliphatic hydroxyl groups is 1. The third-order valence-corrected chi connectivity index (χ3v) is 4.17. The molecule has 1 fully saturated rings. The number of piperidine rings is 1. The molecule has 0 saturated carbocycles. The van der Waals surface area contributed by atoms with Gasteiger partial charge in [0, 0.05) is 30.4 Å². The minimum Gasteiger partial charge on any atom is -0.393 e. The van der Waals surface area contributed by atoms with E-state index in [0.717, 1.165) is 37.3 Å². The molecule has 0 bridgehead atoms. The van der Waals surface area contributed by atoms with Crippen molar-refractivity contribution < 1.29 is 9.50 Å². The zero-order valence-electron chi connectivity index (χ0n) is 12.6. The second-order valence-electron chi connectivity index (χ2n) is 5.73. The van der Waals surface area contributed by atoms with Crippen LogP contribution in [0.1, 0.15) is 38.8 Å². The van der Waals surface area contributed by atoms with Crippen LogP contribution in [0.25, 0.3) is 0 Å². The molecule has 1 aromatic carbocycles. The van der Waals surface area contributed by atoms with Gasteiger partial charge in [0.25, 0.3) is 0 Å². The van der Waals surface area contributed by atoms with Gasteiger partial charge in [-0.1, -0.05) is 19.9 Å². The fourth-order valence-corrected chi connectivity index (χ4v) is 2.99. The lowest BCUT2D eigenvalue weighted by Gasteiger charge is -2.37. The van der Waals surface area contributed by atoms with Crippen LogP contribution in [0, 0.1) is 11.7 Å². The molecule has 3 nitrogen and oxygen atoms in total. The molecule has 20 heavy (non-hydrogen) atoms. The number of rotatable bonds is 4. The van der Waals surface area contributed by atoms with E-state index in [1.165, 1.54) is 6.07 Å². The predicted molar refractivity (Wildman–Crippen MR) is 80.5 cm³/mol. The minimum absolute atomic E-state index is 0.0154. The summed E-state index contributed by atoms with van der Waals surface area (Å²) >= 11 is 0. The Hall–Kier alpha value is -1.13. The van der Waals surface area contributed by atoms with Crippen LogP contribution in [0.2, 0.25) is 0 Å². The maximum atomic E-state index is 14.2. The van der Waals surface area contributed by atoms with Gasteiger partial charge in [-0.2, -0.15) is 0 Å². The van der Waals surface area contributed by atoms with E-state index in [1.807, 2.05) is 26.8 Å². The summed E-state index contributed by atoms with van der Waals surface area (Å²) in [5.74, 6) is 0.0593. The highest BCUT2D eigenvalue weighted by Gasteiger charge is 2.27. The summed E-state index contributed by atoms with van der Waals surface area (Å²) in [7, 11) is 0. The Bertz CT molecular complexity index is 452. The van der Waals surface area contributed by atoms with Crippen LogP contribution in [0.15, 0.2) is 18.2 Å². The Morgan fingerprint density at radius 1 is 1.50 bits per heavy atom. The Balaban J connectivity index is 2.29.